The van der Waals surface area contributed by atoms with Crippen LogP contribution in [0.1, 0.15) is 97.8 Å². The van der Waals surface area contributed by atoms with Crippen molar-refractivity contribution in [3.05, 3.63) is 168 Å². The van der Waals surface area contributed by atoms with Gasteiger partial charge in [-0.15, -0.1) is 0 Å². The van der Waals surface area contributed by atoms with E-state index in [2.05, 4.69) is 198 Å². The average Bonchev–Trinajstić information content (AvgIpc) is 3.50. The van der Waals surface area contributed by atoms with Crippen LogP contribution in [0, 0.1) is 5.82 Å². The molecule has 4 aliphatic heterocycles. The van der Waals surface area contributed by atoms with E-state index in [-0.39, 0.29) is 34.3 Å². The highest BCUT2D eigenvalue weighted by molar-refractivity contribution is 7.21. The molecule has 12 rings (SSSR count). The molecule has 324 valence electrons. The van der Waals surface area contributed by atoms with E-state index in [1.807, 2.05) is 12.1 Å². The van der Waals surface area contributed by atoms with E-state index in [9.17, 15) is 0 Å². The van der Waals surface area contributed by atoms with Crippen LogP contribution in [0.2, 0.25) is 6.55 Å². The van der Waals surface area contributed by atoms with Crippen LogP contribution in [0.15, 0.2) is 146 Å². The van der Waals surface area contributed by atoms with Crippen LogP contribution in [-0.2, 0) is 16.2 Å². The molecule has 1 aliphatic carbocycles. The summed E-state index contributed by atoms with van der Waals surface area (Å²) < 4.78 is 15.1. The van der Waals surface area contributed by atoms with E-state index >= 15 is 4.39 Å². The molecule has 5 aliphatic rings. The van der Waals surface area contributed by atoms with Crippen molar-refractivity contribution in [2.24, 2.45) is 0 Å². The lowest BCUT2D eigenvalue weighted by Gasteiger charge is -2.52. The zero-order valence-electron chi connectivity index (χ0n) is 39.5. The summed E-state index contributed by atoms with van der Waals surface area (Å²) in [5.41, 5.74) is 17.5. The number of fused-ring (bicyclic) bond motifs is 3. The molecule has 3 unspecified atom stereocenters. The average molecular weight is 868 g/mol. The number of hydrogen-bond donors (Lipinski definition) is 0. The molecule has 0 N–H and O–H groups in total. The molecule has 7 aromatic rings. The Labute approximate surface area is 387 Å². The minimum absolute atomic E-state index is 0.00709. The van der Waals surface area contributed by atoms with Crippen molar-refractivity contribution < 1.29 is 4.39 Å². The first kappa shape index (κ1) is 40.6. The second-order valence-corrected chi connectivity index (χ2v) is 26.3. The third kappa shape index (κ3) is 5.47. The lowest BCUT2D eigenvalue weighted by molar-refractivity contribution is 0.195. The second-order valence-electron chi connectivity index (χ2n) is 22.4. The summed E-state index contributed by atoms with van der Waals surface area (Å²) in [6.45, 7) is 21.7. The largest absolute Gasteiger partial charge is 0.334 e. The highest BCUT2D eigenvalue weighted by Gasteiger charge is 2.59. The minimum atomic E-state index is -2.62. The lowest BCUT2D eigenvalue weighted by atomic mass is 9.33. The SMILES string of the molecule is CC(C)(C)c1cc(N2c3cc(N4c5ccccc5C5(C)CCCCC45C)cc4c3B3c5c(cccc5[Si](C)(c5ccccc5)c5cccc2c53)N4c2ccc(F)cc2)cc(C(C)(C)C)c1. The third-order valence-corrected chi connectivity index (χ3v) is 21.3. The molecule has 1 saturated carbocycles. The monoisotopic (exact) mass is 867 g/mol. The molecule has 0 bridgehead atoms. The number of rotatable bonds is 4. The maximum Gasteiger partial charge on any atom is 0.251 e. The molecule has 0 aromatic heterocycles. The van der Waals surface area contributed by atoms with Crippen LogP contribution in [-0.4, -0.2) is 20.3 Å². The summed E-state index contributed by atoms with van der Waals surface area (Å²) in [7, 11) is -2.62. The van der Waals surface area contributed by atoms with E-state index in [1.54, 1.807) is 12.1 Å². The summed E-state index contributed by atoms with van der Waals surface area (Å²) in [4.78, 5) is 7.89. The maximum absolute atomic E-state index is 15.1. The van der Waals surface area contributed by atoms with E-state index < -0.39 is 8.07 Å². The fraction of sp³-hybridized carbons (Fsp3) is 0.288. The normalized spacial score (nSPS) is 22.4. The molecular formula is C59H59BFN3Si. The molecule has 4 heterocycles. The Kier molecular flexibility index (Phi) is 8.51. The zero-order chi connectivity index (χ0) is 45.0. The number of nitrogens with zero attached hydrogens (tertiary/aromatic N) is 3. The highest BCUT2D eigenvalue weighted by atomic mass is 28.3. The number of halogens is 1. The summed E-state index contributed by atoms with van der Waals surface area (Å²) in [5.74, 6) is -0.227. The second kappa shape index (κ2) is 13.6. The van der Waals surface area contributed by atoms with Gasteiger partial charge in [0.1, 0.15) is 13.9 Å². The highest BCUT2D eigenvalue weighted by Crippen LogP contribution is 2.61. The fourth-order valence-electron chi connectivity index (χ4n) is 13.2. The van der Waals surface area contributed by atoms with Crippen LogP contribution in [0.5, 0.6) is 0 Å². The number of hydrogen-bond acceptors (Lipinski definition) is 3. The van der Waals surface area contributed by atoms with Crippen molar-refractivity contribution >= 4 is 92.2 Å². The Bertz CT molecular complexity index is 3080. The maximum atomic E-state index is 15.1. The number of anilines is 8. The van der Waals surface area contributed by atoms with Crippen molar-refractivity contribution in [1.29, 1.82) is 0 Å². The topological polar surface area (TPSA) is 9.72 Å². The van der Waals surface area contributed by atoms with Gasteiger partial charge in [-0.1, -0.05) is 157 Å². The van der Waals surface area contributed by atoms with Gasteiger partial charge in [-0.3, -0.25) is 0 Å². The van der Waals surface area contributed by atoms with Crippen molar-refractivity contribution in [2.75, 3.05) is 14.7 Å². The van der Waals surface area contributed by atoms with Gasteiger partial charge in [0.2, 0.25) is 0 Å². The molecule has 65 heavy (non-hydrogen) atoms. The fourth-order valence-corrected chi connectivity index (χ4v) is 17.4. The minimum Gasteiger partial charge on any atom is -0.334 e. The van der Waals surface area contributed by atoms with E-state index in [4.69, 9.17) is 0 Å². The number of benzene rings is 7. The van der Waals surface area contributed by atoms with Crippen molar-refractivity contribution in [3.8, 4) is 0 Å². The molecule has 0 amide bonds. The Hall–Kier alpha value is -5.85. The third-order valence-electron chi connectivity index (χ3n) is 16.8. The van der Waals surface area contributed by atoms with Gasteiger partial charge in [-0.2, -0.15) is 0 Å². The van der Waals surface area contributed by atoms with Gasteiger partial charge in [0.05, 0.1) is 5.54 Å². The molecule has 6 heteroatoms. The molecule has 7 aromatic carbocycles. The molecule has 0 saturated heterocycles. The van der Waals surface area contributed by atoms with Crippen LogP contribution in [0.4, 0.5) is 49.9 Å². The Balaban J connectivity index is 1.25. The Morgan fingerprint density at radius 3 is 1.66 bits per heavy atom. The summed E-state index contributed by atoms with van der Waals surface area (Å²) in [6.07, 6.45) is 4.72. The van der Waals surface area contributed by atoms with Crippen LogP contribution >= 0.6 is 0 Å². The van der Waals surface area contributed by atoms with Gasteiger partial charge in [0.15, 0.2) is 0 Å². The summed E-state index contributed by atoms with van der Waals surface area (Å²) in [5, 5.41) is 4.35. The van der Waals surface area contributed by atoms with Crippen LogP contribution < -0.4 is 46.6 Å². The Morgan fingerprint density at radius 2 is 1.06 bits per heavy atom. The van der Waals surface area contributed by atoms with Gasteiger partial charge < -0.3 is 14.7 Å². The molecular weight excluding hydrogens is 809 g/mol. The predicted octanol–water partition coefficient (Wildman–Crippen LogP) is 11.7. The van der Waals surface area contributed by atoms with Gasteiger partial charge in [0, 0.05) is 50.9 Å². The Morgan fingerprint density at radius 1 is 0.523 bits per heavy atom. The molecule has 0 spiro atoms. The smallest absolute Gasteiger partial charge is 0.251 e. The molecule has 0 radical (unpaired) electrons. The molecule has 3 nitrogen and oxygen atoms in total. The van der Waals surface area contributed by atoms with Gasteiger partial charge >= 0.3 is 0 Å². The summed E-state index contributed by atoms with van der Waals surface area (Å²) >= 11 is 0. The van der Waals surface area contributed by atoms with Gasteiger partial charge in [-0.05, 0) is 136 Å². The summed E-state index contributed by atoms with van der Waals surface area (Å²) in [6, 6.07) is 54.6. The van der Waals surface area contributed by atoms with Crippen LogP contribution in [0.3, 0.4) is 0 Å². The van der Waals surface area contributed by atoms with E-state index in [0.717, 1.165) is 18.5 Å². The first-order valence-electron chi connectivity index (χ1n) is 24.0. The quantitative estimate of drug-likeness (QED) is 0.163. The van der Waals surface area contributed by atoms with Crippen molar-refractivity contribution in [3.63, 3.8) is 0 Å². The molecule has 1 fully saturated rings. The standard InChI is InChI=1S/C59H59BFN3Si/c1-56(2,3)38-33-39(57(4,5)6)35-42(34-38)63-48-24-18-26-52-55(48)60-53-49(36-43(37-50(53)63)64-46-22-14-13-21-45(46)58(7)31-15-16-32-59(58,64)8)62(41-29-27-40(61)28-30-41)47-23-17-25-51(54(47)60)65(52,9)44-19-11-10-12-20-44/h10-14,17-30,33-37H,15-16,31-32H2,1-9H3. The first-order valence-corrected chi connectivity index (χ1v) is 26.5. The van der Waals surface area contributed by atoms with E-state index in [1.165, 1.54) is 101 Å². The van der Waals surface area contributed by atoms with Gasteiger partial charge in [0.25, 0.3) is 6.71 Å². The van der Waals surface area contributed by atoms with Crippen molar-refractivity contribution in [2.45, 2.75) is 109 Å². The van der Waals surface area contributed by atoms with Crippen LogP contribution in [0.25, 0.3) is 0 Å². The lowest BCUT2D eigenvalue weighted by Crippen LogP contribution is -2.83. The predicted molar refractivity (Wildman–Crippen MR) is 278 cm³/mol. The van der Waals surface area contributed by atoms with E-state index in [0.29, 0.717) is 0 Å². The molecule has 3 atom stereocenters. The zero-order valence-corrected chi connectivity index (χ0v) is 40.5. The first-order chi connectivity index (χ1) is 31.0. The van der Waals surface area contributed by atoms with Gasteiger partial charge in [-0.25, -0.2) is 4.39 Å². The number of para-hydroxylation sites is 1. The van der Waals surface area contributed by atoms with Crippen molar-refractivity contribution in [1.82, 2.24) is 0 Å².